The quantitative estimate of drug-likeness (QED) is 0.723. The summed E-state index contributed by atoms with van der Waals surface area (Å²) >= 11 is 0. The minimum absolute atomic E-state index is 0.0742. The number of phenols is 1. The molecule has 3 heterocycles. The van der Waals surface area contributed by atoms with Crippen LogP contribution in [-0.4, -0.2) is 96.2 Å². The first-order valence-electron chi connectivity index (χ1n) is 10.9. The molecule has 30 heavy (non-hydrogen) atoms. The van der Waals surface area contributed by atoms with Crippen LogP contribution in [-0.2, 0) is 20.9 Å². The highest BCUT2D eigenvalue weighted by atomic mass is 16.5. The number of ether oxygens (including phenoxy) is 1. The van der Waals surface area contributed by atoms with Crippen molar-refractivity contribution < 1.29 is 19.4 Å². The van der Waals surface area contributed by atoms with Gasteiger partial charge in [0.05, 0.1) is 13.2 Å². The van der Waals surface area contributed by atoms with Crippen LogP contribution in [0.2, 0.25) is 0 Å². The summed E-state index contributed by atoms with van der Waals surface area (Å²) in [5, 5.41) is 12.6. The van der Waals surface area contributed by atoms with Crippen molar-refractivity contribution in [3.05, 3.63) is 29.8 Å². The van der Waals surface area contributed by atoms with Crippen molar-refractivity contribution in [3.63, 3.8) is 0 Å². The lowest BCUT2D eigenvalue weighted by atomic mass is 10.0. The van der Waals surface area contributed by atoms with Crippen LogP contribution in [0.5, 0.6) is 5.75 Å². The molecule has 3 unspecified atom stereocenters. The van der Waals surface area contributed by atoms with Crippen molar-refractivity contribution in [1.82, 2.24) is 20.0 Å². The topological polar surface area (TPSA) is 85.4 Å². The molecule has 164 valence electrons. The van der Waals surface area contributed by atoms with Crippen molar-refractivity contribution in [2.45, 2.75) is 43.9 Å². The lowest BCUT2D eigenvalue weighted by Crippen LogP contribution is -2.49. The molecule has 4 rings (SSSR count). The Kier molecular flexibility index (Phi) is 6.55. The van der Waals surface area contributed by atoms with Gasteiger partial charge in [0.1, 0.15) is 11.8 Å². The van der Waals surface area contributed by atoms with Gasteiger partial charge in [-0.1, -0.05) is 12.1 Å². The number of morpholine rings is 1. The van der Waals surface area contributed by atoms with Crippen LogP contribution in [0.15, 0.2) is 24.3 Å². The number of nitrogens with zero attached hydrogens (tertiary/aromatic N) is 3. The number of hydrogen-bond donors (Lipinski definition) is 2. The second-order valence-electron chi connectivity index (χ2n) is 8.53. The van der Waals surface area contributed by atoms with Gasteiger partial charge < -0.3 is 20.1 Å². The summed E-state index contributed by atoms with van der Waals surface area (Å²) in [6.45, 7) is 4.69. The summed E-state index contributed by atoms with van der Waals surface area (Å²) in [5.41, 5.74) is 1.08. The number of rotatable bonds is 5. The maximum absolute atomic E-state index is 12.9. The van der Waals surface area contributed by atoms with Crippen molar-refractivity contribution in [1.29, 1.82) is 0 Å². The van der Waals surface area contributed by atoms with Gasteiger partial charge in [0.15, 0.2) is 0 Å². The molecule has 0 radical (unpaired) electrons. The van der Waals surface area contributed by atoms with E-state index in [1.807, 2.05) is 17.0 Å². The first kappa shape index (κ1) is 21.1. The summed E-state index contributed by atoms with van der Waals surface area (Å²) in [6.07, 6.45) is 2.17. The van der Waals surface area contributed by atoms with E-state index in [4.69, 9.17) is 4.74 Å². The Morgan fingerprint density at radius 1 is 1.20 bits per heavy atom. The molecule has 0 aromatic heterocycles. The van der Waals surface area contributed by atoms with Crippen molar-refractivity contribution in [2.75, 3.05) is 46.4 Å². The van der Waals surface area contributed by atoms with Crippen LogP contribution >= 0.6 is 0 Å². The number of carbonyl (C=O) groups excluding carboxylic acids is 2. The molecule has 0 spiro atoms. The Hall–Kier alpha value is -2.16. The summed E-state index contributed by atoms with van der Waals surface area (Å²) in [5.74, 6) is 0.504. The Balaban J connectivity index is 1.37. The molecule has 3 saturated heterocycles. The van der Waals surface area contributed by atoms with E-state index in [0.29, 0.717) is 45.8 Å². The van der Waals surface area contributed by atoms with E-state index in [-0.39, 0.29) is 35.7 Å². The average Bonchev–Trinajstić information content (AvgIpc) is 3.13. The molecule has 8 nitrogen and oxygen atoms in total. The van der Waals surface area contributed by atoms with E-state index in [1.54, 1.807) is 12.1 Å². The van der Waals surface area contributed by atoms with Crippen molar-refractivity contribution >= 4 is 11.8 Å². The lowest BCUT2D eigenvalue weighted by molar-refractivity contribution is -0.135. The number of amides is 2. The third-order valence-electron chi connectivity index (χ3n) is 6.73. The molecule has 3 aliphatic heterocycles. The molecule has 2 amide bonds. The summed E-state index contributed by atoms with van der Waals surface area (Å²) in [7, 11) is 2.09. The predicted molar refractivity (Wildman–Crippen MR) is 112 cm³/mol. The van der Waals surface area contributed by atoms with E-state index in [2.05, 4.69) is 22.2 Å². The fourth-order valence-corrected chi connectivity index (χ4v) is 4.92. The third-order valence-corrected chi connectivity index (χ3v) is 6.73. The number of fused-ring (bicyclic) bond motifs is 1. The van der Waals surface area contributed by atoms with Gasteiger partial charge in [0.2, 0.25) is 11.8 Å². The van der Waals surface area contributed by atoms with Gasteiger partial charge in [-0.2, -0.15) is 0 Å². The Bertz CT molecular complexity index is 750. The van der Waals surface area contributed by atoms with Gasteiger partial charge >= 0.3 is 0 Å². The van der Waals surface area contributed by atoms with E-state index in [1.165, 1.54) is 0 Å². The Morgan fingerprint density at radius 2 is 1.93 bits per heavy atom. The zero-order chi connectivity index (χ0) is 21.1. The summed E-state index contributed by atoms with van der Waals surface area (Å²) < 4.78 is 5.33. The van der Waals surface area contributed by atoms with Gasteiger partial charge in [-0.15, -0.1) is 0 Å². The molecular formula is C22H32N4O4. The number of hydrogen-bond acceptors (Lipinski definition) is 6. The molecule has 0 saturated carbocycles. The van der Waals surface area contributed by atoms with E-state index >= 15 is 0 Å². The lowest BCUT2D eigenvalue weighted by Gasteiger charge is -2.33. The minimum atomic E-state index is -0.191. The smallest absolute Gasteiger partial charge is 0.239 e. The average molecular weight is 417 g/mol. The van der Waals surface area contributed by atoms with Gasteiger partial charge in [0.25, 0.3) is 0 Å². The standard InChI is InChI=1S/C22H32N4O4/c1-24-17(4-7-20(28)25-10-12-30-13-11-25)14-23-22(29)21-19(24)8-9-26(21)15-16-2-5-18(27)6-3-16/h2-3,5-6,17,19,21,27H,4,7-15H2,1H3,(H,23,29). The minimum Gasteiger partial charge on any atom is -0.508 e. The molecule has 2 N–H and O–H groups in total. The number of carbonyl (C=O) groups is 2. The molecule has 3 fully saturated rings. The highest BCUT2D eigenvalue weighted by Crippen LogP contribution is 2.29. The maximum Gasteiger partial charge on any atom is 0.239 e. The number of likely N-dealkylation sites (N-methyl/N-ethyl adjacent to an activating group) is 1. The molecule has 0 aliphatic carbocycles. The maximum atomic E-state index is 12.9. The summed E-state index contributed by atoms with van der Waals surface area (Å²) in [4.78, 5) is 31.9. The van der Waals surface area contributed by atoms with Crippen LogP contribution < -0.4 is 5.32 Å². The summed E-state index contributed by atoms with van der Waals surface area (Å²) in [6, 6.07) is 7.29. The highest BCUT2D eigenvalue weighted by Gasteiger charge is 2.44. The van der Waals surface area contributed by atoms with Gasteiger partial charge in [-0.05, 0) is 37.6 Å². The monoisotopic (exact) mass is 416 g/mol. The fourth-order valence-electron chi connectivity index (χ4n) is 4.92. The van der Waals surface area contributed by atoms with E-state index in [0.717, 1.165) is 24.9 Å². The fraction of sp³-hybridized carbons (Fsp3) is 0.636. The number of likely N-dealkylation sites (tertiary alicyclic amines) is 1. The molecule has 8 heteroatoms. The van der Waals surface area contributed by atoms with Crippen molar-refractivity contribution in [3.8, 4) is 5.75 Å². The Labute approximate surface area is 177 Å². The first-order chi connectivity index (χ1) is 14.5. The molecule has 1 aromatic carbocycles. The molecule has 3 aliphatic rings. The van der Waals surface area contributed by atoms with Crippen molar-refractivity contribution in [2.24, 2.45) is 0 Å². The zero-order valence-electron chi connectivity index (χ0n) is 17.6. The van der Waals surface area contributed by atoms with Gasteiger partial charge in [-0.25, -0.2) is 0 Å². The number of phenolic OH excluding ortho intramolecular Hbond substituents is 1. The molecule has 0 bridgehead atoms. The predicted octanol–water partition coefficient (Wildman–Crippen LogP) is 0.404. The van der Waals surface area contributed by atoms with Gasteiger partial charge in [-0.3, -0.25) is 19.4 Å². The zero-order valence-corrected chi connectivity index (χ0v) is 17.6. The van der Waals surface area contributed by atoms with Crippen LogP contribution in [0.3, 0.4) is 0 Å². The molecular weight excluding hydrogens is 384 g/mol. The van der Waals surface area contributed by atoms with Gasteiger partial charge in [0, 0.05) is 51.2 Å². The molecule has 3 atom stereocenters. The van der Waals surface area contributed by atoms with Crippen LogP contribution in [0.4, 0.5) is 0 Å². The van der Waals surface area contributed by atoms with Crippen LogP contribution in [0, 0.1) is 0 Å². The second kappa shape index (κ2) is 9.32. The van der Waals surface area contributed by atoms with Crippen LogP contribution in [0.25, 0.3) is 0 Å². The number of benzene rings is 1. The Morgan fingerprint density at radius 3 is 2.67 bits per heavy atom. The molecule has 1 aromatic rings. The highest BCUT2D eigenvalue weighted by molar-refractivity contribution is 5.83. The second-order valence-corrected chi connectivity index (χ2v) is 8.53. The van der Waals surface area contributed by atoms with Crippen LogP contribution in [0.1, 0.15) is 24.8 Å². The van der Waals surface area contributed by atoms with E-state index in [9.17, 15) is 14.7 Å². The SMILES string of the molecule is CN1C(CCC(=O)N2CCOCC2)CNC(=O)C2C1CCN2Cc1ccc(O)cc1. The normalized spacial score (nSPS) is 28.1. The third kappa shape index (κ3) is 4.61. The first-order valence-corrected chi connectivity index (χ1v) is 10.9. The largest absolute Gasteiger partial charge is 0.508 e. The number of nitrogens with one attached hydrogen (secondary N) is 1. The number of aromatic hydroxyl groups is 1. The van der Waals surface area contributed by atoms with E-state index < -0.39 is 0 Å².